The molecule has 9 heteroatoms. The predicted molar refractivity (Wildman–Crippen MR) is 150 cm³/mol. The van der Waals surface area contributed by atoms with E-state index in [1.165, 1.54) is 6.26 Å². The molecule has 1 amide bonds. The third-order valence-corrected chi connectivity index (χ3v) is 7.95. The van der Waals surface area contributed by atoms with Crippen LogP contribution in [0.5, 0.6) is 0 Å². The van der Waals surface area contributed by atoms with Crippen LogP contribution in [-0.4, -0.2) is 48.1 Å². The Morgan fingerprint density at radius 2 is 1.57 bits per heavy atom. The molecule has 0 radical (unpaired) electrons. The Hall–Kier alpha value is -3.13. The van der Waals surface area contributed by atoms with Crippen LogP contribution in [-0.2, 0) is 9.84 Å². The van der Waals surface area contributed by atoms with Gasteiger partial charge in [0, 0.05) is 25.5 Å². The average Bonchev–Trinajstić information content (AvgIpc) is 3.28. The Labute approximate surface area is 227 Å². The number of halogens is 2. The van der Waals surface area contributed by atoms with Crippen LogP contribution < -0.4 is 0 Å². The van der Waals surface area contributed by atoms with Gasteiger partial charge < -0.3 is 4.90 Å². The normalized spacial score (nSPS) is 11.5. The van der Waals surface area contributed by atoms with Crippen LogP contribution in [0.1, 0.15) is 29.9 Å². The lowest BCUT2D eigenvalue weighted by atomic mass is 10.0. The molecule has 0 N–H and O–H groups in total. The van der Waals surface area contributed by atoms with E-state index < -0.39 is 9.84 Å². The SMILES string of the molecule is CCN(CC)C(=O)c1cn(-c2ccc(-c3cccc(S(C)(=O)=O)c3)cc2C)c(-c2c(Cl)cccc2Cl)n1. The molecular formula is C28H27Cl2N3O3S. The molecular weight excluding hydrogens is 529 g/mol. The number of amides is 1. The molecule has 0 aliphatic carbocycles. The largest absolute Gasteiger partial charge is 0.338 e. The summed E-state index contributed by atoms with van der Waals surface area (Å²) in [6.45, 7) is 6.91. The summed E-state index contributed by atoms with van der Waals surface area (Å²) in [6.07, 6.45) is 2.90. The van der Waals surface area contributed by atoms with Crippen LogP contribution in [0, 0.1) is 6.92 Å². The summed E-state index contributed by atoms with van der Waals surface area (Å²) < 4.78 is 25.9. The molecule has 0 aliphatic rings. The monoisotopic (exact) mass is 555 g/mol. The van der Waals surface area contributed by atoms with E-state index in [-0.39, 0.29) is 10.8 Å². The van der Waals surface area contributed by atoms with Gasteiger partial charge in [0.25, 0.3) is 5.91 Å². The topological polar surface area (TPSA) is 72.3 Å². The lowest BCUT2D eigenvalue weighted by molar-refractivity contribution is 0.0767. The van der Waals surface area contributed by atoms with Gasteiger partial charge in [-0.05, 0) is 73.9 Å². The minimum absolute atomic E-state index is 0.181. The summed E-state index contributed by atoms with van der Waals surface area (Å²) >= 11 is 13.1. The lowest BCUT2D eigenvalue weighted by Crippen LogP contribution is -2.30. The third kappa shape index (κ3) is 5.44. The highest BCUT2D eigenvalue weighted by atomic mass is 35.5. The first-order valence-electron chi connectivity index (χ1n) is 11.8. The Bertz CT molecular complexity index is 1570. The van der Waals surface area contributed by atoms with Crippen LogP contribution in [0.15, 0.2) is 71.8 Å². The van der Waals surface area contributed by atoms with Crippen LogP contribution >= 0.6 is 23.2 Å². The first-order valence-corrected chi connectivity index (χ1v) is 14.4. The highest BCUT2D eigenvalue weighted by Gasteiger charge is 2.23. The standard InChI is InChI=1S/C28H27Cl2N3O3S/c1-5-32(6-2)28(34)24-17-33(27(31-24)26-22(29)11-8-12-23(26)30)25-14-13-20(15-18(25)3)19-9-7-10-21(16-19)37(4,35)36/h7-17H,5-6H2,1-4H3. The molecule has 0 saturated carbocycles. The fraction of sp³-hybridized carbons (Fsp3) is 0.214. The number of hydrogen-bond acceptors (Lipinski definition) is 4. The van der Waals surface area contributed by atoms with Crippen LogP contribution in [0.25, 0.3) is 28.2 Å². The number of carbonyl (C=O) groups excluding carboxylic acids is 1. The van der Waals surface area contributed by atoms with E-state index in [1.807, 2.05) is 49.6 Å². The summed E-state index contributed by atoms with van der Waals surface area (Å²) in [4.78, 5) is 19.8. The van der Waals surface area contributed by atoms with Crippen molar-refractivity contribution in [3.05, 3.63) is 88.2 Å². The van der Waals surface area contributed by atoms with Crippen molar-refractivity contribution < 1.29 is 13.2 Å². The summed E-state index contributed by atoms with van der Waals surface area (Å²) in [5.41, 5.74) is 4.16. The van der Waals surface area contributed by atoms with Crippen molar-refractivity contribution >= 4 is 38.9 Å². The second-order valence-electron chi connectivity index (χ2n) is 8.70. The molecule has 6 nitrogen and oxygen atoms in total. The molecule has 1 aromatic heterocycles. The van der Waals surface area contributed by atoms with Crippen molar-refractivity contribution in [2.24, 2.45) is 0 Å². The summed E-state index contributed by atoms with van der Waals surface area (Å²) in [5.74, 6) is 0.279. The van der Waals surface area contributed by atoms with Crippen molar-refractivity contribution in [2.75, 3.05) is 19.3 Å². The average molecular weight is 557 g/mol. The van der Waals surface area contributed by atoms with Gasteiger partial charge in [0.1, 0.15) is 11.5 Å². The van der Waals surface area contributed by atoms with Gasteiger partial charge in [-0.3, -0.25) is 9.36 Å². The van der Waals surface area contributed by atoms with Crippen molar-refractivity contribution in [1.82, 2.24) is 14.5 Å². The number of hydrogen-bond donors (Lipinski definition) is 0. The maximum Gasteiger partial charge on any atom is 0.274 e. The van der Waals surface area contributed by atoms with Gasteiger partial charge in [0.15, 0.2) is 9.84 Å². The molecule has 192 valence electrons. The van der Waals surface area contributed by atoms with Crippen molar-refractivity contribution in [2.45, 2.75) is 25.7 Å². The Balaban J connectivity index is 1.88. The second-order valence-corrected chi connectivity index (χ2v) is 11.5. The smallest absolute Gasteiger partial charge is 0.274 e. The molecule has 0 aliphatic heterocycles. The number of nitrogens with zero attached hydrogens (tertiary/aromatic N) is 3. The van der Waals surface area contributed by atoms with Gasteiger partial charge in [-0.2, -0.15) is 0 Å². The molecule has 0 atom stereocenters. The minimum atomic E-state index is -3.33. The number of sulfone groups is 1. The number of benzene rings is 3. The fourth-order valence-corrected chi connectivity index (χ4v) is 5.47. The molecule has 4 aromatic rings. The van der Waals surface area contributed by atoms with Gasteiger partial charge in [-0.1, -0.05) is 47.5 Å². The van der Waals surface area contributed by atoms with E-state index in [4.69, 9.17) is 28.2 Å². The summed E-state index contributed by atoms with van der Waals surface area (Å²) in [5, 5.41) is 0.848. The molecule has 4 rings (SSSR count). The van der Waals surface area contributed by atoms with Gasteiger partial charge >= 0.3 is 0 Å². The zero-order chi connectivity index (χ0) is 26.9. The van der Waals surface area contributed by atoms with Crippen molar-refractivity contribution in [3.63, 3.8) is 0 Å². The molecule has 0 fully saturated rings. The van der Waals surface area contributed by atoms with E-state index in [0.29, 0.717) is 40.2 Å². The van der Waals surface area contributed by atoms with Crippen molar-refractivity contribution in [1.29, 1.82) is 0 Å². The molecule has 37 heavy (non-hydrogen) atoms. The summed E-state index contributed by atoms with van der Waals surface area (Å²) in [6, 6.07) is 17.9. The first kappa shape index (κ1) is 26.9. The Morgan fingerprint density at radius 1 is 0.946 bits per heavy atom. The molecule has 0 bridgehead atoms. The van der Waals surface area contributed by atoms with Gasteiger partial charge in [0.2, 0.25) is 0 Å². The minimum Gasteiger partial charge on any atom is -0.338 e. The maximum absolute atomic E-state index is 13.2. The van der Waals surface area contributed by atoms with E-state index in [0.717, 1.165) is 22.4 Å². The quantitative estimate of drug-likeness (QED) is 0.254. The van der Waals surface area contributed by atoms with E-state index in [9.17, 15) is 13.2 Å². The zero-order valence-corrected chi connectivity index (χ0v) is 23.3. The highest BCUT2D eigenvalue weighted by Crippen LogP contribution is 2.36. The number of aryl methyl sites for hydroxylation is 1. The van der Waals surface area contributed by atoms with E-state index in [2.05, 4.69) is 0 Å². The van der Waals surface area contributed by atoms with Crippen molar-refractivity contribution in [3.8, 4) is 28.2 Å². The van der Waals surface area contributed by atoms with Crippen LogP contribution in [0.4, 0.5) is 0 Å². The third-order valence-electron chi connectivity index (χ3n) is 6.21. The number of imidazole rings is 1. The number of rotatable bonds is 7. The Kier molecular flexibility index (Phi) is 7.78. The molecule has 1 heterocycles. The molecule has 0 saturated heterocycles. The van der Waals surface area contributed by atoms with E-state index in [1.54, 1.807) is 47.5 Å². The molecule has 3 aromatic carbocycles. The van der Waals surface area contributed by atoms with Gasteiger partial charge in [-0.15, -0.1) is 0 Å². The summed E-state index contributed by atoms with van der Waals surface area (Å²) in [7, 11) is -3.33. The molecule has 0 spiro atoms. The predicted octanol–water partition coefficient (Wildman–Crippen LogP) is 6.71. The van der Waals surface area contributed by atoms with Gasteiger partial charge in [-0.25, -0.2) is 13.4 Å². The fourth-order valence-electron chi connectivity index (χ4n) is 4.24. The van der Waals surface area contributed by atoms with Crippen LogP contribution in [0.3, 0.4) is 0 Å². The zero-order valence-electron chi connectivity index (χ0n) is 21.0. The Morgan fingerprint density at radius 3 is 2.16 bits per heavy atom. The number of carbonyl (C=O) groups is 1. The second kappa shape index (κ2) is 10.7. The van der Waals surface area contributed by atoms with E-state index >= 15 is 0 Å². The lowest BCUT2D eigenvalue weighted by Gasteiger charge is -2.16. The van der Waals surface area contributed by atoms with Crippen LogP contribution in [0.2, 0.25) is 10.0 Å². The number of aromatic nitrogens is 2. The molecule has 0 unspecified atom stereocenters. The maximum atomic E-state index is 13.2. The first-order chi connectivity index (χ1) is 17.5. The van der Waals surface area contributed by atoms with Gasteiger partial charge in [0.05, 0.1) is 26.2 Å². The highest BCUT2D eigenvalue weighted by molar-refractivity contribution is 7.90.